The maximum Gasteiger partial charge on any atom is 0.293 e. The van der Waals surface area contributed by atoms with Gasteiger partial charge in [-0.3, -0.25) is 9.59 Å². The first kappa shape index (κ1) is 19.6. The summed E-state index contributed by atoms with van der Waals surface area (Å²) >= 11 is 0. The summed E-state index contributed by atoms with van der Waals surface area (Å²) in [5.41, 5.74) is 5.80. The molecule has 1 N–H and O–H groups in total. The minimum Gasteiger partial charge on any atom is -0.324 e. The summed E-state index contributed by atoms with van der Waals surface area (Å²) in [6, 6.07) is 15.5. The molecule has 152 valence electrons. The standard InChI is InChI=1S/C23H23N5O2/c1-4-17-6-8-18(9-7-17)25-22(29)13-27-23(30)21-12-20(26-28(21)14-24-27)19-10-5-15(2)11-16(19)3/h5-12,14H,4,13H2,1-3H3,(H,25,29). The van der Waals surface area contributed by atoms with E-state index >= 15 is 0 Å². The average Bonchev–Trinajstić information content (AvgIpc) is 3.15. The fourth-order valence-electron chi connectivity index (χ4n) is 3.44. The van der Waals surface area contributed by atoms with E-state index in [1.807, 2.05) is 50.2 Å². The molecule has 7 nitrogen and oxygen atoms in total. The first-order valence-electron chi connectivity index (χ1n) is 9.86. The number of amides is 1. The highest BCUT2D eigenvalue weighted by Crippen LogP contribution is 2.23. The molecule has 2 heterocycles. The van der Waals surface area contributed by atoms with Crippen molar-refractivity contribution in [3.05, 3.63) is 81.9 Å². The highest BCUT2D eigenvalue weighted by molar-refractivity contribution is 5.90. The van der Waals surface area contributed by atoms with Crippen molar-refractivity contribution in [1.29, 1.82) is 0 Å². The predicted molar refractivity (Wildman–Crippen MR) is 117 cm³/mol. The van der Waals surface area contributed by atoms with Crippen molar-refractivity contribution < 1.29 is 4.79 Å². The zero-order valence-corrected chi connectivity index (χ0v) is 17.2. The Hall–Kier alpha value is -3.74. The van der Waals surface area contributed by atoms with Gasteiger partial charge in [-0.2, -0.15) is 10.2 Å². The molecular formula is C23H23N5O2. The van der Waals surface area contributed by atoms with Gasteiger partial charge in [-0.15, -0.1) is 0 Å². The lowest BCUT2D eigenvalue weighted by Crippen LogP contribution is -2.30. The first-order valence-corrected chi connectivity index (χ1v) is 9.86. The molecule has 2 aromatic heterocycles. The maximum absolute atomic E-state index is 12.8. The van der Waals surface area contributed by atoms with E-state index in [4.69, 9.17) is 0 Å². The van der Waals surface area contributed by atoms with Crippen LogP contribution < -0.4 is 10.9 Å². The van der Waals surface area contributed by atoms with Gasteiger partial charge in [0.2, 0.25) is 5.91 Å². The molecule has 30 heavy (non-hydrogen) atoms. The van der Waals surface area contributed by atoms with E-state index in [2.05, 4.69) is 28.5 Å². The van der Waals surface area contributed by atoms with Gasteiger partial charge in [-0.1, -0.05) is 42.8 Å². The van der Waals surface area contributed by atoms with Crippen LogP contribution in [0.5, 0.6) is 0 Å². The van der Waals surface area contributed by atoms with E-state index in [0.29, 0.717) is 16.9 Å². The Morgan fingerprint density at radius 2 is 1.83 bits per heavy atom. The number of hydrogen-bond acceptors (Lipinski definition) is 4. The smallest absolute Gasteiger partial charge is 0.293 e. The van der Waals surface area contributed by atoms with E-state index in [1.54, 1.807) is 6.07 Å². The molecule has 0 spiro atoms. The van der Waals surface area contributed by atoms with Crippen LogP contribution in [0.4, 0.5) is 5.69 Å². The van der Waals surface area contributed by atoms with Gasteiger partial charge in [-0.25, -0.2) is 9.20 Å². The lowest BCUT2D eigenvalue weighted by molar-refractivity contribution is -0.117. The molecule has 4 aromatic rings. The largest absolute Gasteiger partial charge is 0.324 e. The second kappa shape index (κ2) is 7.94. The Bertz CT molecular complexity index is 1290. The zero-order chi connectivity index (χ0) is 21.3. The van der Waals surface area contributed by atoms with Crippen molar-refractivity contribution >= 4 is 17.1 Å². The third kappa shape index (κ3) is 3.87. The van der Waals surface area contributed by atoms with Crippen molar-refractivity contribution in [3.8, 4) is 11.3 Å². The van der Waals surface area contributed by atoms with Crippen LogP contribution in [-0.2, 0) is 17.8 Å². The average molecular weight is 401 g/mol. The number of rotatable bonds is 5. The number of nitrogens with zero attached hydrogens (tertiary/aromatic N) is 4. The van der Waals surface area contributed by atoms with Crippen LogP contribution in [0, 0.1) is 13.8 Å². The van der Waals surface area contributed by atoms with Crippen molar-refractivity contribution in [3.63, 3.8) is 0 Å². The van der Waals surface area contributed by atoms with E-state index < -0.39 is 0 Å². The lowest BCUT2D eigenvalue weighted by atomic mass is 10.0. The number of fused-ring (bicyclic) bond motifs is 1. The number of aromatic nitrogens is 4. The molecular weight excluding hydrogens is 378 g/mol. The van der Waals surface area contributed by atoms with Crippen LogP contribution in [0.2, 0.25) is 0 Å². The van der Waals surface area contributed by atoms with Gasteiger partial charge in [0, 0.05) is 11.3 Å². The number of nitrogens with one attached hydrogen (secondary N) is 1. The minimum atomic E-state index is -0.363. The molecule has 0 atom stereocenters. The molecule has 0 radical (unpaired) electrons. The van der Waals surface area contributed by atoms with Gasteiger partial charge >= 0.3 is 0 Å². The summed E-state index contributed by atoms with van der Waals surface area (Å²) in [6.45, 7) is 5.95. The lowest BCUT2D eigenvalue weighted by Gasteiger charge is -2.07. The Morgan fingerprint density at radius 1 is 1.07 bits per heavy atom. The topological polar surface area (TPSA) is 81.3 Å². The first-order chi connectivity index (χ1) is 14.4. The van der Waals surface area contributed by atoms with Crippen LogP contribution >= 0.6 is 0 Å². The van der Waals surface area contributed by atoms with Crippen LogP contribution in [0.25, 0.3) is 16.8 Å². The summed E-state index contributed by atoms with van der Waals surface area (Å²) < 4.78 is 2.60. The van der Waals surface area contributed by atoms with Crippen LogP contribution in [0.3, 0.4) is 0 Å². The second-order valence-corrected chi connectivity index (χ2v) is 7.37. The molecule has 0 fully saturated rings. The molecule has 0 saturated carbocycles. The van der Waals surface area contributed by atoms with Gasteiger partial charge in [0.05, 0.1) is 5.69 Å². The molecule has 0 aliphatic heterocycles. The normalized spacial score (nSPS) is 11.0. The molecule has 0 aliphatic carbocycles. The summed E-state index contributed by atoms with van der Waals surface area (Å²) in [6.07, 6.45) is 2.39. The zero-order valence-electron chi connectivity index (χ0n) is 17.2. The van der Waals surface area contributed by atoms with E-state index in [0.717, 1.165) is 22.2 Å². The molecule has 7 heteroatoms. The Balaban J connectivity index is 1.58. The molecule has 1 amide bonds. The number of carbonyl (C=O) groups is 1. The number of aryl methyl sites for hydroxylation is 3. The van der Waals surface area contributed by atoms with E-state index in [1.165, 1.54) is 22.0 Å². The van der Waals surface area contributed by atoms with Gasteiger partial charge in [0.15, 0.2) is 0 Å². The van der Waals surface area contributed by atoms with Crippen LogP contribution in [0.1, 0.15) is 23.6 Å². The summed E-state index contributed by atoms with van der Waals surface area (Å²) in [4.78, 5) is 25.2. The van der Waals surface area contributed by atoms with Crippen molar-refractivity contribution in [2.45, 2.75) is 33.7 Å². The maximum atomic E-state index is 12.8. The van der Waals surface area contributed by atoms with Gasteiger partial charge in [0.1, 0.15) is 18.4 Å². The molecule has 0 unspecified atom stereocenters. The Morgan fingerprint density at radius 3 is 2.53 bits per heavy atom. The molecule has 0 saturated heterocycles. The fraction of sp³-hybridized carbons (Fsp3) is 0.217. The summed E-state index contributed by atoms with van der Waals surface area (Å²) in [7, 11) is 0. The van der Waals surface area contributed by atoms with Gasteiger partial charge < -0.3 is 5.32 Å². The predicted octanol–water partition coefficient (Wildman–Crippen LogP) is 3.38. The van der Waals surface area contributed by atoms with Crippen molar-refractivity contribution in [1.82, 2.24) is 19.4 Å². The van der Waals surface area contributed by atoms with E-state index in [-0.39, 0.29) is 18.0 Å². The number of hydrogen-bond donors (Lipinski definition) is 1. The monoisotopic (exact) mass is 401 g/mol. The number of anilines is 1. The SMILES string of the molecule is CCc1ccc(NC(=O)Cn2ncn3nc(-c4ccc(C)cc4C)cc3c2=O)cc1. The highest BCUT2D eigenvalue weighted by Gasteiger charge is 2.13. The third-order valence-electron chi connectivity index (χ3n) is 5.09. The third-order valence-corrected chi connectivity index (χ3v) is 5.09. The quantitative estimate of drug-likeness (QED) is 0.556. The van der Waals surface area contributed by atoms with Crippen LogP contribution in [-0.4, -0.2) is 25.3 Å². The molecule has 2 aromatic carbocycles. The fourth-order valence-corrected chi connectivity index (χ4v) is 3.44. The highest BCUT2D eigenvalue weighted by atomic mass is 16.2. The summed E-state index contributed by atoms with van der Waals surface area (Å²) in [5.74, 6) is -0.313. The summed E-state index contributed by atoms with van der Waals surface area (Å²) in [5, 5.41) is 11.4. The Labute approximate surface area is 174 Å². The minimum absolute atomic E-state index is 0.172. The van der Waals surface area contributed by atoms with Crippen LogP contribution in [0.15, 0.2) is 59.7 Å². The number of carbonyl (C=O) groups excluding carboxylic acids is 1. The molecule has 0 aliphatic rings. The van der Waals surface area contributed by atoms with E-state index in [9.17, 15) is 9.59 Å². The van der Waals surface area contributed by atoms with Crippen molar-refractivity contribution in [2.24, 2.45) is 0 Å². The van der Waals surface area contributed by atoms with Gasteiger partial charge in [0.25, 0.3) is 5.56 Å². The number of benzene rings is 2. The molecule has 4 rings (SSSR count). The Kier molecular flexibility index (Phi) is 5.18. The molecule has 0 bridgehead atoms. The van der Waals surface area contributed by atoms with Crippen molar-refractivity contribution in [2.75, 3.05) is 5.32 Å². The van der Waals surface area contributed by atoms with Gasteiger partial charge in [-0.05, 0) is 49.6 Å². The second-order valence-electron chi connectivity index (χ2n) is 7.37.